The molecule has 0 aliphatic rings. The summed E-state index contributed by atoms with van der Waals surface area (Å²) in [6, 6.07) is 20.7. The Morgan fingerprint density at radius 2 is 1.70 bits per heavy atom. The first kappa shape index (κ1) is 16.8. The highest BCUT2D eigenvalue weighted by molar-refractivity contribution is 6.04. The van der Waals surface area contributed by atoms with Crippen molar-refractivity contribution in [1.29, 1.82) is 0 Å². The van der Waals surface area contributed by atoms with Crippen LogP contribution in [-0.4, -0.2) is 15.9 Å². The average molecular weight is 358 g/mol. The first-order chi connectivity index (χ1) is 13.2. The second-order valence-electron chi connectivity index (χ2n) is 5.95. The van der Waals surface area contributed by atoms with Crippen molar-refractivity contribution in [3.63, 3.8) is 0 Å². The second kappa shape index (κ2) is 7.33. The van der Waals surface area contributed by atoms with E-state index >= 15 is 0 Å². The Bertz CT molecular complexity index is 1110. The van der Waals surface area contributed by atoms with Crippen molar-refractivity contribution >= 4 is 16.9 Å². The summed E-state index contributed by atoms with van der Waals surface area (Å²) in [5, 5.41) is 0.677. The molecule has 132 valence electrons. The van der Waals surface area contributed by atoms with Gasteiger partial charge in [-0.15, -0.1) is 0 Å². The number of halogens is 1. The molecule has 0 spiro atoms. The van der Waals surface area contributed by atoms with E-state index in [2.05, 4.69) is 9.97 Å². The van der Waals surface area contributed by atoms with Crippen LogP contribution in [0.2, 0.25) is 0 Å². The highest BCUT2D eigenvalue weighted by atomic mass is 19.1. The molecule has 4 nitrogen and oxygen atoms in total. The summed E-state index contributed by atoms with van der Waals surface area (Å²) in [5.74, 6) is -0.937. The molecule has 0 aliphatic heterocycles. The summed E-state index contributed by atoms with van der Waals surface area (Å²) in [7, 11) is 0. The van der Waals surface area contributed by atoms with E-state index in [-0.39, 0.29) is 6.61 Å². The summed E-state index contributed by atoms with van der Waals surface area (Å²) in [4.78, 5) is 21.6. The predicted octanol–water partition coefficient (Wildman–Crippen LogP) is 4.79. The zero-order valence-corrected chi connectivity index (χ0v) is 14.3. The Morgan fingerprint density at radius 3 is 2.52 bits per heavy atom. The SMILES string of the molecule is O=C(OCc1ccccc1F)c1cc(-c2ccccn2)nc2ccccc12. The quantitative estimate of drug-likeness (QED) is 0.492. The second-order valence-corrected chi connectivity index (χ2v) is 5.95. The van der Waals surface area contributed by atoms with Gasteiger partial charge >= 0.3 is 5.97 Å². The maximum absolute atomic E-state index is 13.8. The molecular formula is C22H15FN2O2. The van der Waals surface area contributed by atoms with Gasteiger partial charge in [0.2, 0.25) is 0 Å². The van der Waals surface area contributed by atoms with Gasteiger partial charge in [0.05, 0.1) is 22.5 Å². The zero-order chi connectivity index (χ0) is 18.6. The smallest absolute Gasteiger partial charge is 0.339 e. The average Bonchev–Trinajstić information content (AvgIpc) is 2.73. The maximum atomic E-state index is 13.8. The number of aromatic nitrogens is 2. The highest BCUT2D eigenvalue weighted by Crippen LogP contribution is 2.24. The van der Waals surface area contributed by atoms with Crippen molar-refractivity contribution in [2.45, 2.75) is 6.61 Å². The maximum Gasteiger partial charge on any atom is 0.339 e. The van der Waals surface area contributed by atoms with Crippen LogP contribution < -0.4 is 0 Å². The molecule has 0 aliphatic carbocycles. The molecule has 0 atom stereocenters. The van der Waals surface area contributed by atoms with Crippen LogP contribution >= 0.6 is 0 Å². The first-order valence-corrected chi connectivity index (χ1v) is 8.44. The van der Waals surface area contributed by atoms with E-state index in [9.17, 15) is 9.18 Å². The van der Waals surface area contributed by atoms with E-state index in [0.29, 0.717) is 33.4 Å². The lowest BCUT2D eigenvalue weighted by atomic mass is 10.1. The number of rotatable bonds is 4. The number of carbonyl (C=O) groups excluding carboxylic acids is 1. The Kier molecular flexibility index (Phi) is 4.58. The molecule has 2 heterocycles. The van der Waals surface area contributed by atoms with Crippen molar-refractivity contribution < 1.29 is 13.9 Å². The molecular weight excluding hydrogens is 343 g/mol. The fraction of sp³-hybridized carbons (Fsp3) is 0.0455. The Balaban J connectivity index is 1.71. The molecule has 0 radical (unpaired) electrons. The van der Waals surface area contributed by atoms with Crippen molar-refractivity contribution in [2.24, 2.45) is 0 Å². The van der Waals surface area contributed by atoms with Crippen LogP contribution in [0.15, 0.2) is 79.0 Å². The Hall–Kier alpha value is -3.60. The molecule has 0 amide bonds. The number of pyridine rings is 2. The fourth-order valence-electron chi connectivity index (χ4n) is 2.83. The molecule has 4 aromatic rings. The van der Waals surface area contributed by atoms with Crippen LogP contribution in [0.25, 0.3) is 22.3 Å². The summed E-state index contributed by atoms with van der Waals surface area (Å²) in [5.41, 5.74) is 2.60. The molecule has 0 unspecified atom stereocenters. The third kappa shape index (κ3) is 3.53. The van der Waals surface area contributed by atoms with Gasteiger partial charge in [-0.2, -0.15) is 0 Å². The van der Waals surface area contributed by atoms with E-state index in [4.69, 9.17) is 4.74 Å². The van der Waals surface area contributed by atoms with Crippen molar-refractivity contribution in [3.8, 4) is 11.4 Å². The molecule has 0 saturated heterocycles. The largest absolute Gasteiger partial charge is 0.457 e. The molecule has 0 bridgehead atoms. The minimum atomic E-state index is -0.533. The molecule has 2 aromatic carbocycles. The van der Waals surface area contributed by atoms with Gasteiger partial charge in [0.1, 0.15) is 12.4 Å². The van der Waals surface area contributed by atoms with Gasteiger partial charge in [-0.3, -0.25) is 4.98 Å². The van der Waals surface area contributed by atoms with Gasteiger partial charge in [0.25, 0.3) is 0 Å². The number of fused-ring (bicyclic) bond motifs is 1. The van der Waals surface area contributed by atoms with Gasteiger partial charge in [-0.25, -0.2) is 14.2 Å². The highest BCUT2D eigenvalue weighted by Gasteiger charge is 2.16. The van der Waals surface area contributed by atoms with E-state index < -0.39 is 11.8 Å². The normalized spacial score (nSPS) is 10.7. The van der Waals surface area contributed by atoms with Crippen LogP contribution in [0.3, 0.4) is 0 Å². The monoisotopic (exact) mass is 358 g/mol. The standard InChI is InChI=1S/C22H15FN2O2/c23-18-9-3-1-7-15(18)14-27-22(26)17-13-21(20-11-5-6-12-24-20)25-19-10-4-2-8-16(17)19/h1-13H,14H2. The lowest BCUT2D eigenvalue weighted by molar-refractivity contribution is 0.0471. The Morgan fingerprint density at radius 1 is 0.926 bits per heavy atom. The number of nitrogens with zero attached hydrogens (tertiary/aromatic N) is 2. The number of benzene rings is 2. The fourth-order valence-corrected chi connectivity index (χ4v) is 2.83. The van der Waals surface area contributed by atoms with Crippen LogP contribution in [-0.2, 0) is 11.3 Å². The van der Waals surface area contributed by atoms with E-state index in [1.807, 2.05) is 42.5 Å². The Labute approximate surface area is 155 Å². The van der Waals surface area contributed by atoms with E-state index in [0.717, 1.165) is 0 Å². The topological polar surface area (TPSA) is 52.1 Å². The van der Waals surface area contributed by atoms with E-state index in [1.54, 1.807) is 30.5 Å². The summed E-state index contributed by atoms with van der Waals surface area (Å²) >= 11 is 0. The first-order valence-electron chi connectivity index (χ1n) is 8.44. The molecule has 2 aromatic heterocycles. The summed E-state index contributed by atoms with van der Waals surface area (Å²) in [6.45, 7) is -0.138. The van der Waals surface area contributed by atoms with Crippen molar-refractivity contribution in [1.82, 2.24) is 9.97 Å². The zero-order valence-electron chi connectivity index (χ0n) is 14.3. The molecule has 0 fully saturated rings. The lowest BCUT2D eigenvalue weighted by Crippen LogP contribution is -2.08. The lowest BCUT2D eigenvalue weighted by Gasteiger charge is -2.10. The van der Waals surface area contributed by atoms with E-state index in [1.165, 1.54) is 6.07 Å². The van der Waals surface area contributed by atoms with Gasteiger partial charge < -0.3 is 4.74 Å². The van der Waals surface area contributed by atoms with Crippen molar-refractivity contribution in [2.75, 3.05) is 0 Å². The summed E-state index contributed by atoms with van der Waals surface area (Å²) in [6.07, 6.45) is 1.67. The molecule has 0 saturated carbocycles. The number of hydrogen-bond donors (Lipinski definition) is 0. The van der Waals surface area contributed by atoms with Crippen LogP contribution in [0.4, 0.5) is 4.39 Å². The minimum Gasteiger partial charge on any atom is -0.457 e. The number of para-hydroxylation sites is 1. The molecule has 27 heavy (non-hydrogen) atoms. The van der Waals surface area contributed by atoms with Gasteiger partial charge in [-0.1, -0.05) is 42.5 Å². The van der Waals surface area contributed by atoms with Crippen LogP contribution in [0, 0.1) is 5.82 Å². The number of esters is 1. The molecule has 5 heteroatoms. The minimum absolute atomic E-state index is 0.138. The third-order valence-corrected chi connectivity index (χ3v) is 4.18. The number of carbonyl (C=O) groups is 1. The molecule has 4 rings (SSSR count). The number of ether oxygens (including phenoxy) is 1. The van der Waals surface area contributed by atoms with Gasteiger partial charge in [0.15, 0.2) is 0 Å². The predicted molar refractivity (Wildman–Crippen MR) is 100 cm³/mol. The molecule has 0 N–H and O–H groups in total. The van der Waals surface area contributed by atoms with Gasteiger partial charge in [0, 0.05) is 17.1 Å². The third-order valence-electron chi connectivity index (χ3n) is 4.18. The van der Waals surface area contributed by atoms with Crippen LogP contribution in [0.5, 0.6) is 0 Å². The summed E-state index contributed by atoms with van der Waals surface area (Å²) < 4.78 is 19.1. The number of hydrogen-bond acceptors (Lipinski definition) is 4. The van der Waals surface area contributed by atoms with Crippen LogP contribution in [0.1, 0.15) is 15.9 Å². The van der Waals surface area contributed by atoms with Gasteiger partial charge in [-0.05, 0) is 30.3 Å². The van der Waals surface area contributed by atoms with Crippen molar-refractivity contribution in [3.05, 3.63) is 95.9 Å².